The SMILES string of the molecule is O=C(C[C@@H](c1ccc(Cl)cc1)[C@@H]1CCCCC1=O)c1ccc(Br)cc1. The van der Waals surface area contributed by atoms with Crippen molar-refractivity contribution in [2.45, 2.75) is 38.0 Å². The number of rotatable bonds is 5. The smallest absolute Gasteiger partial charge is 0.163 e. The molecule has 25 heavy (non-hydrogen) atoms. The first-order valence-corrected chi connectivity index (χ1v) is 9.78. The number of Topliss-reactive ketones (excluding diaryl/α,β-unsaturated/α-hetero) is 2. The molecule has 0 unspecified atom stereocenters. The highest BCUT2D eigenvalue weighted by Crippen LogP contribution is 2.37. The van der Waals surface area contributed by atoms with Gasteiger partial charge in [0.25, 0.3) is 0 Å². The Labute approximate surface area is 161 Å². The summed E-state index contributed by atoms with van der Waals surface area (Å²) in [4.78, 5) is 25.3. The lowest BCUT2D eigenvalue weighted by Gasteiger charge is -2.29. The molecule has 0 aliphatic heterocycles. The first-order valence-electron chi connectivity index (χ1n) is 8.61. The maximum absolute atomic E-state index is 12.8. The molecule has 0 saturated heterocycles. The van der Waals surface area contributed by atoms with Gasteiger partial charge in [-0.15, -0.1) is 0 Å². The first kappa shape index (κ1) is 18.3. The van der Waals surface area contributed by atoms with Crippen molar-refractivity contribution < 1.29 is 9.59 Å². The number of hydrogen-bond acceptors (Lipinski definition) is 2. The van der Waals surface area contributed by atoms with Gasteiger partial charge in [-0.3, -0.25) is 9.59 Å². The third kappa shape index (κ3) is 4.59. The third-order valence-corrected chi connectivity index (χ3v) is 5.74. The Balaban J connectivity index is 1.87. The normalized spacial score (nSPS) is 18.8. The number of carbonyl (C=O) groups is 2. The summed E-state index contributed by atoms with van der Waals surface area (Å²) >= 11 is 9.40. The second kappa shape index (κ2) is 8.29. The van der Waals surface area contributed by atoms with Crippen LogP contribution in [0.1, 0.15) is 53.9 Å². The van der Waals surface area contributed by atoms with E-state index in [1.807, 2.05) is 48.5 Å². The molecule has 1 aliphatic carbocycles. The van der Waals surface area contributed by atoms with Gasteiger partial charge in [-0.2, -0.15) is 0 Å². The van der Waals surface area contributed by atoms with Gasteiger partial charge in [-0.1, -0.05) is 58.2 Å². The molecule has 3 rings (SSSR count). The molecular weight excluding hydrogens is 400 g/mol. The van der Waals surface area contributed by atoms with Gasteiger partial charge in [0.05, 0.1) is 0 Å². The van der Waals surface area contributed by atoms with Crippen LogP contribution in [0.4, 0.5) is 0 Å². The van der Waals surface area contributed by atoms with Crippen LogP contribution in [0.3, 0.4) is 0 Å². The van der Waals surface area contributed by atoms with Crippen molar-refractivity contribution in [2.24, 2.45) is 5.92 Å². The largest absolute Gasteiger partial charge is 0.299 e. The van der Waals surface area contributed by atoms with Gasteiger partial charge < -0.3 is 0 Å². The quantitative estimate of drug-likeness (QED) is 0.539. The van der Waals surface area contributed by atoms with E-state index in [4.69, 9.17) is 11.6 Å². The number of hydrogen-bond donors (Lipinski definition) is 0. The van der Waals surface area contributed by atoms with Gasteiger partial charge in [0.1, 0.15) is 5.78 Å². The number of halogens is 2. The van der Waals surface area contributed by atoms with E-state index in [0.29, 0.717) is 23.4 Å². The number of ketones is 2. The molecule has 2 nitrogen and oxygen atoms in total. The zero-order chi connectivity index (χ0) is 17.8. The summed E-state index contributed by atoms with van der Waals surface area (Å²) in [7, 11) is 0. The number of benzene rings is 2. The molecule has 130 valence electrons. The first-order chi connectivity index (χ1) is 12.0. The lowest BCUT2D eigenvalue weighted by Crippen LogP contribution is -2.27. The van der Waals surface area contributed by atoms with E-state index in [0.717, 1.165) is 29.3 Å². The summed E-state index contributed by atoms with van der Waals surface area (Å²) in [5, 5.41) is 0.664. The Morgan fingerprint density at radius 3 is 2.40 bits per heavy atom. The van der Waals surface area contributed by atoms with Gasteiger partial charge in [-0.25, -0.2) is 0 Å². The highest BCUT2D eigenvalue weighted by Gasteiger charge is 2.32. The molecule has 0 bridgehead atoms. The van der Waals surface area contributed by atoms with Gasteiger partial charge >= 0.3 is 0 Å². The lowest BCUT2D eigenvalue weighted by molar-refractivity contribution is -0.125. The van der Waals surface area contributed by atoms with E-state index in [1.165, 1.54) is 0 Å². The Bertz CT molecular complexity index is 752. The fourth-order valence-corrected chi connectivity index (χ4v) is 3.98. The van der Waals surface area contributed by atoms with E-state index in [-0.39, 0.29) is 23.4 Å². The summed E-state index contributed by atoms with van der Waals surface area (Å²) in [5.74, 6) is 0.205. The molecule has 0 radical (unpaired) electrons. The molecule has 0 spiro atoms. The average Bonchev–Trinajstić information content (AvgIpc) is 2.62. The molecule has 0 aromatic heterocycles. The Kier molecular flexibility index (Phi) is 6.08. The molecule has 0 heterocycles. The third-order valence-electron chi connectivity index (χ3n) is 4.96. The van der Waals surface area contributed by atoms with Crippen LogP contribution in [0, 0.1) is 5.92 Å². The standard InChI is InChI=1S/C21H20BrClO2/c22-16-9-5-15(6-10-16)21(25)13-19(14-7-11-17(23)12-8-14)18-3-1-2-4-20(18)24/h5-12,18-19H,1-4,13H2/t18-,19-/m0/s1. The predicted octanol–water partition coefficient (Wildman–Crippen LogP) is 6.22. The van der Waals surface area contributed by atoms with Crippen LogP contribution in [0.25, 0.3) is 0 Å². The topological polar surface area (TPSA) is 34.1 Å². The fraction of sp³-hybridized carbons (Fsp3) is 0.333. The van der Waals surface area contributed by atoms with Crippen LogP contribution in [0.15, 0.2) is 53.0 Å². The second-order valence-corrected chi connectivity index (χ2v) is 7.96. The van der Waals surface area contributed by atoms with Crippen molar-refractivity contribution in [3.63, 3.8) is 0 Å². The summed E-state index contributed by atoms with van der Waals surface area (Å²) in [6.45, 7) is 0. The summed E-state index contributed by atoms with van der Waals surface area (Å²) in [6.07, 6.45) is 3.84. The maximum atomic E-state index is 12.8. The number of carbonyl (C=O) groups excluding carboxylic acids is 2. The lowest BCUT2D eigenvalue weighted by atomic mass is 9.73. The summed E-state index contributed by atoms with van der Waals surface area (Å²) in [6, 6.07) is 15.0. The van der Waals surface area contributed by atoms with Crippen LogP contribution < -0.4 is 0 Å². The summed E-state index contributed by atoms with van der Waals surface area (Å²) in [5.41, 5.74) is 1.71. The van der Waals surface area contributed by atoms with Gasteiger partial charge in [0.15, 0.2) is 5.78 Å². The molecule has 1 aliphatic rings. The molecular formula is C21H20BrClO2. The minimum atomic E-state index is -0.0822. The van der Waals surface area contributed by atoms with E-state index < -0.39 is 0 Å². The predicted molar refractivity (Wildman–Crippen MR) is 104 cm³/mol. The molecule has 2 aromatic carbocycles. The van der Waals surface area contributed by atoms with Gasteiger partial charge in [0, 0.05) is 39.7 Å². The van der Waals surface area contributed by atoms with Gasteiger partial charge in [0.2, 0.25) is 0 Å². The van der Waals surface area contributed by atoms with E-state index in [9.17, 15) is 9.59 Å². The highest BCUT2D eigenvalue weighted by molar-refractivity contribution is 9.10. The van der Waals surface area contributed by atoms with Crippen molar-refractivity contribution in [2.75, 3.05) is 0 Å². The second-order valence-electron chi connectivity index (χ2n) is 6.61. The monoisotopic (exact) mass is 418 g/mol. The van der Waals surface area contributed by atoms with Crippen molar-refractivity contribution in [3.05, 3.63) is 69.2 Å². The molecule has 4 heteroatoms. The average molecular weight is 420 g/mol. The Morgan fingerprint density at radius 1 is 1.08 bits per heavy atom. The van der Waals surface area contributed by atoms with E-state index >= 15 is 0 Å². The van der Waals surface area contributed by atoms with Crippen molar-refractivity contribution in [1.82, 2.24) is 0 Å². The Morgan fingerprint density at radius 2 is 1.76 bits per heavy atom. The van der Waals surface area contributed by atoms with Crippen LogP contribution in [-0.4, -0.2) is 11.6 Å². The minimum absolute atomic E-state index is 0.0747. The zero-order valence-electron chi connectivity index (χ0n) is 13.9. The maximum Gasteiger partial charge on any atom is 0.163 e. The molecule has 2 atom stereocenters. The Hall–Kier alpha value is -1.45. The zero-order valence-corrected chi connectivity index (χ0v) is 16.2. The molecule has 0 amide bonds. The molecule has 2 aromatic rings. The van der Waals surface area contributed by atoms with E-state index in [1.54, 1.807) is 0 Å². The molecule has 0 N–H and O–H groups in total. The minimum Gasteiger partial charge on any atom is -0.299 e. The molecule has 1 fully saturated rings. The van der Waals surface area contributed by atoms with Crippen LogP contribution in [0.5, 0.6) is 0 Å². The van der Waals surface area contributed by atoms with Crippen molar-refractivity contribution in [3.8, 4) is 0 Å². The van der Waals surface area contributed by atoms with E-state index in [2.05, 4.69) is 15.9 Å². The van der Waals surface area contributed by atoms with Gasteiger partial charge in [-0.05, 0) is 42.7 Å². The fourth-order valence-electron chi connectivity index (χ4n) is 3.59. The van der Waals surface area contributed by atoms with Crippen LogP contribution >= 0.6 is 27.5 Å². The van der Waals surface area contributed by atoms with Crippen molar-refractivity contribution >= 4 is 39.1 Å². The molecule has 1 saturated carbocycles. The van der Waals surface area contributed by atoms with Crippen LogP contribution in [-0.2, 0) is 4.79 Å². The highest BCUT2D eigenvalue weighted by atomic mass is 79.9. The van der Waals surface area contributed by atoms with Crippen molar-refractivity contribution in [1.29, 1.82) is 0 Å². The summed E-state index contributed by atoms with van der Waals surface area (Å²) < 4.78 is 0.945. The van der Waals surface area contributed by atoms with Crippen LogP contribution in [0.2, 0.25) is 5.02 Å².